The van der Waals surface area contributed by atoms with Crippen LogP contribution >= 0.6 is 0 Å². The first-order valence-electron chi connectivity index (χ1n) is 12.9. The monoisotopic (exact) mass is 518 g/mol. The molecule has 0 aliphatic carbocycles. The zero-order chi connectivity index (χ0) is 26.9. The Balaban J connectivity index is 1.60. The first-order valence-corrected chi connectivity index (χ1v) is 12.9. The Bertz CT molecular complexity index is 1810. The van der Waals surface area contributed by atoms with Crippen molar-refractivity contribution in [2.75, 3.05) is 23.3 Å². The molecule has 1 N–H and O–H groups in total. The number of fused-ring (bicyclic) bond motifs is 2. The van der Waals surface area contributed by atoms with Gasteiger partial charge in [-0.25, -0.2) is 9.37 Å². The first kappa shape index (κ1) is 24.5. The van der Waals surface area contributed by atoms with Crippen LogP contribution in [0.15, 0.2) is 78.9 Å². The number of hydrogen-bond acceptors (Lipinski definition) is 6. The number of hydrogen-bond donors (Lipinski definition) is 1. The molecular weight excluding hydrogens is 491 g/mol. The van der Waals surface area contributed by atoms with Gasteiger partial charge in [0.1, 0.15) is 5.82 Å². The zero-order valence-corrected chi connectivity index (χ0v) is 21.4. The van der Waals surface area contributed by atoms with Crippen LogP contribution in [-0.2, 0) is 0 Å². The molecule has 1 saturated heterocycles. The molecule has 4 aromatic heterocycles. The number of rotatable bonds is 6. The van der Waals surface area contributed by atoms with Crippen molar-refractivity contribution < 1.29 is 4.39 Å². The highest BCUT2D eigenvalue weighted by atomic mass is 19.1. The minimum absolute atomic E-state index is 0.193. The molecular formula is C31H27FN6O. The molecule has 0 spiro atoms. The molecule has 1 aliphatic heterocycles. The molecule has 1 aromatic carbocycles. The highest BCUT2D eigenvalue weighted by molar-refractivity contribution is 5.85. The van der Waals surface area contributed by atoms with Crippen molar-refractivity contribution >= 4 is 51.4 Å². The molecule has 1 aliphatic rings. The van der Waals surface area contributed by atoms with Gasteiger partial charge in [-0.1, -0.05) is 37.4 Å². The van der Waals surface area contributed by atoms with Crippen LogP contribution in [0.25, 0.3) is 39.8 Å². The molecule has 0 radical (unpaired) electrons. The number of pyridine rings is 4. The van der Waals surface area contributed by atoms with Crippen LogP contribution in [-0.4, -0.2) is 32.6 Å². The van der Waals surface area contributed by atoms with Gasteiger partial charge in [0.15, 0.2) is 22.7 Å². The van der Waals surface area contributed by atoms with Gasteiger partial charge in [0.2, 0.25) is 0 Å². The molecule has 6 rings (SSSR count). The van der Waals surface area contributed by atoms with Crippen LogP contribution < -0.4 is 15.6 Å². The van der Waals surface area contributed by atoms with E-state index in [1.807, 2.05) is 45.9 Å². The lowest BCUT2D eigenvalue weighted by Gasteiger charge is -2.28. The summed E-state index contributed by atoms with van der Waals surface area (Å²) in [6, 6.07) is 14.4. The van der Waals surface area contributed by atoms with Gasteiger partial charge in [0, 0.05) is 30.1 Å². The molecule has 5 aromatic rings. The molecule has 0 saturated carbocycles. The molecule has 194 valence electrons. The van der Waals surface area contributed by atoms with Gasteiger partial charge in [0.05, 0.1) is 40.4 Å². The van der Waals surface area contributed by atoms with E-state index >= 15 is 4.39 Å². The Morgan fingerprint density at radius 1 is 0.949 bits per heavy atom. The molecule has 0 atom stereocenters. The van der Waals surface area contributed by atoms with E-state index in [1.165, 1.54) is 12.1 Å². The zero-order valence-electron chi connectivity index (χ0n) is 21.4. The highest BCUT2D eigenvalue weighted by Crippen LogP contribution is 2.30. The number of aromatic nitrogens is 4. The number of nitrogens with zero attached hydrogens (tertiary/aromatic N) is 5. The van der Waals surface area contributed by atoms with E-state index in [-0.39, 0.29) is 16.6 Å². The van der Waals surface area contributed by atoms with Crippen LogP contribution in [0.1, 0.15) is 30.5 Å². The van der Waals surface area contributed by atoms with E-state index in [4.69, 9.17) is 4.98 Å². The topological polar surface area (TPSA) is 75.9 Å². The van der Waals surface area contributed by atoms with E-state index < -0.39 is 5.82 Å². The predicted molar refractivity (Wildman–Crippen MR) is 156 cm³/mol. The lowest BCUT2D eigenvalue weighted by Crippen LogP contribution is -2.31. The molecule has 39 heavy (non-hydrogen) atoms. The maximum absolute atomic E-state index is 15.3. The maximum atomic E-state index is 15.3. The average Bonchev–Trinajstić information content (AvgIpc) is 2.97. The second kappa shape index (κ2) is 10.1. The molecule has 0 unspecified atom stereocenters. The van der Waals surface area contributed by atoms with Crippen molar-refractivity contribution in [1.29, 1.82) is 0 Å². The number of nitrogens with one attached hydrogen (secondary N) is 1. The third kappa shape index (κ3) is 4.54. The van der Waals surface area contributed by atoms with Gasteiger partial charge in [-0.15, -0.1) is 0 Å². The van der Waals surface area contributed by atoms with Gasteiger partial charge >= 0.3 is 0 Å². The van der Waals surface area contributed by atoms with Crippen molar-refractivity contribution in [2.45, 2.75) is 19.3 Å². The van der Waals surface area contributed by atoms with Crippen LogP contribution in [0.4, 0.5) is 21.7 Å². The normalized spacial score (nSPS) is 13.5. The largest absolute Gasteiger partial charge is 0.354 e. The molecule has 1 fully saturated rings. The fraction of sp³-hybridized carbons (Fsp3) is 0.161. The Morgan fingerprint density at radius 2 is 1.77 bits per heavy atom. The molecule has 5 heterocycles. The van der Waals surface area contributed by atoms with E-state index in [1.54, 1.807) is 24.5 Å². The minimum Gasteiger partial charge on any atom is -0.354 e. The lowest BCUT2D eigenvalue weighted by molar-refractivity contribution is 0.551. The average molecular weight is 519 g/mol. The van der Waals surface area contributed by atoms with Crippen LogP contribution in [0.3, 0.4) is 0 Å². The Kier molecular flexibility index (Phi) is 6.36. The van der Waals surface area contributed by atoms with E-state index in [0.717, 1.165) is 48.8 Å². The van der Waals surface area contributed by atoms with Crippen LogP contribution in [0.5, 0.6) is 0 Å². The summed E-state index contributed by atoms with van der Waals surface area (Å²) in [7, 11) is 0. The quantitative estimate of drug-likeness (QED) is 0.277. The van der Waals surface area contributed by atoms with Crippen molar-refractivity contribution in [3.8, 4) is 5.69 Å². The fourth-order valence-electron chi connectivity index (χ4n) is 5.11. The summed E-state index contributed by atoms with van der Waals surface area (Å²) in [5, 5.41) is 4.46. The van der Waals surface area contributed by atoms with Crippen molar-refractivity contribution in [3.63, 3.8) is 0 Å². The first-order chi connectivity index (χ1) is 19.1. The number of para-hydroxylation sites is 1. The van der Waals surface area contributed by atoms with Gasteiger partial charge in [-0.2, -0.15) is 0 Å². The summed E-state index contributed by atoms with van der Waals surface area (Å²) in [6.45, 7) is 9.12. The Labute approximate surface area is 225 Å². The molecule has 8 heteroatoms. The summed E-state index contributed by atoms with van der Waals surface area (Å²) < 4.78 is 17.1. The van der Waals surface area contributed by atoms with E-state index in [9.17, 15) is 4.79 Å². The maximum Gasteiger partial charge on any atom is 0.193 e. The van der Waals surface area contributed by atoms with Crippen molar-refractivity contribution in [3.05, 3.63) is 101 Å². The van der Waals surface area contributed by atoms with Crippen LogP contribution in [0, 0.1) is 5.82 Å². The predicted octanol–water partition coefficient (Wildman–Crippen LogP) is 6.49. The number of halogens is 1. The second-order valence-electron chi connectivity index (χ2n) is 9.56. The van der Waals surface area contributed by atoms with Crippen LogP contribution in [0.2, 0.25) is 0 Å². The molecule has 0 bridgehead atoms. The summed E-state index contributed by atoms with van der Waals surface area (Å²) in [4.78, 5) is 29.1. The summed E-state index contributed by atoms with van der Waals surface area (Å²) in [5.41, 5.74) is 3.68. The fourth-order valence-corrected chi connectivity index (χ4v) is 5.11. The molecule has 0 amide bonds. The van der Waals surface area contributed by atoms with E-state index in [2.05, 4.69) is 28.4 Å². The van der Waals surface area contributed by atoms with Gasteiger partial charge in [-0.3, -0.25) is 19.3 Å². The number of piperidine rings is 1. The lowest BCUT2D eigenvalue weighted by atomic mass is 10.1. The minimum atomic E-state index is -0.495. The Morgan fingerprint density at radius 3 is 2.56 bits per heavy atom. The third-order valence-electron chi connectivity index (χ3n) is 7.05. The Hall–Kier alpha value is -4.85. The third-order valence-corrected chi connectivity index (χ3v) is 7.05. The SMILES string of the molecule is C=Cc1cc(Nc2cc(=O)c3cc(F)c(N4CCCCC4)nc3n2-c2cnc3ccccc3c2)cnc1C=C. The smallest absolute Gasteiger partial charge is 0.193 e. The molecule has 7 nitrogen and oxygen atoms in total. The van der Waals surface area contributed by atoms with Gasteiger partial charge < -0.3 is 10.2 Å². The second-order valence-corrected chi connectivity index (χ2v) is 9.56. The number of benzene rings is 1. The van der Waals surface area contributed by atoms with Crippen molar-refractivity contribution in [1.82, 2.24) is 19.5 Å². The van der Waals surface area contributed by atoms with Crippen molar-refractivity contribution in [2.24, 2.45) is 0 Å². The summed E-state index contributed by atoms with van der Waals surface area (Å²) in [6.07, 6.45) is 9.82. The van der Waals surface area contributed by atoms with E-state index in [0.29, 0.717) is 28.5 Å². The van der Waals surface area contributed by atoms with Gasteiger partial charge in [0.25, 0.3) is 0 Å². The van der Waals surface area contributed by atoms with Gasteiger partial charge in [-0.05, 0) is 49.6 Å². The summed E-state index contributed by atoms with van der Waals surface area (Å²) in [5.74, 6) is 0.217. The summed E-state index contributed by atoms with van der Waals surface area (Å²) >= 11 is 0. The highest BCUT2D eigenvalue weighted by Gasteiger charge is 2.21. The number of anilines is 3. The standard InChI is InChI=1S/C31H27FN6O/c1-3-20-14-22(18-33-26(20)4-2)35-29-17-28(39)24-16-25(32)31(37-12-8-5-9-13-37)36-30(24)38(29)23-15-21-10-6-7-11-27(21)34-19-23/h3-4,6-7,10-11,14-19,35H,1-2,5,8-9,12-13H2.